The molecule has 0 spiro atoms. The predicted octanol–water partition coefficient (Wildman–Crippen LogP) is 5.21. The van der Waals surface area contributed by atoms with E-state index in [4.69, 9.17) is 27.9 Å². The van der Waals surface area contributed by atoms with Crippen molar-refractivity contribution in [2.75, 3.05) is 25.0 Å². The molecular weight excluding hydrogens is 465 g/mol. The highest BCUT2D eigenvalue weighted by molar-refractivity contribution is 6.34. The molecule has 3 rings (SSSR count). The summed E-state index contributed by atoms with van der Waals surface area (Å²) in [5, 5.41) is 13.0. The number of amides is 2. The first-order valence-corrected chi connectivity index (χ1v) is 11.5. The molecule has 2 atom stereocenters. The highest BCUT2D eigenvalue weighted by Crippen LogP contribution is 2.30. The summed E-state index contributed by atoms with van der Waals surface area (Å²) in [7, 11) is 0. The molecule has 9 heteroatoms. The normalized spacial score (nSPS) is 19.1. The van der Waals surface area contributed by atoms with Crippen LogP contribution in [0.3, 0.4) is 0 Å². The van der Waals surface area contributed by atoms with E-state index >= 15 is 0 Å². The average Bonchev–Trinajstić information content (AvgIpc) is 2.72. The molecule has 0 aliphatic carbocycles. The molecule has 1 fully saturated rings. The van der Waals surface area contributed by atoms with Gasteiger partial charge < -0.3 is 15.0 Å². The fourth-order valence-electron chi connectivity index (χ4n) is 4.06. The van der Waals surface area contributed by atoms with E-state index in [1.165, 1.54) is 0 Å². The molecule has 2 amide bonds. The number of piperidine rings is 1. The second-order valence-electron chi connectivity index (χ2n) is 9.49. The fraction of sp³-hybridized carbons (Fsp3) is 0.417. The summed E-state index contributed by atoms with van der Waals surface area (Å²) in [6.45, 7) is 8.30. The lowest BCUT2D eigenvalue weighted by Crippen LogP contribution is -2.51. The molecule has 1 heterocycles. The van der Waals surface area contributed by atoms with Crippen molar-refractivity contribution >= 4 is 40.7 Å². The van der Waals surface area contributed by atoms with E-state index < -0.39 is 17.7 Å². The molecular formula is C24H29Cl2N3O4. The van der Waals surface area contributed by atoms with Crippen molar-refractivity contribution in [2.24, 2.45) is 17.3 Å². The van der Waals surface area contributed by atoms with Crippen LogP contribution in [0.15, 0.2) is 42.5 Å². The number of hydrogen-bond acceptors (Lipinski definition) is 5. The number of likely N-dealkylation sites (tertiary alicyclic amines) is 1. The molecule has 2 aromatic carbocycles. The number of ether oxygens (including phenoxy) is 1. The Kier molecular flexibility index (Phi) is 8.23. The van der Waals surface area contributed by atoms with E-state index in [1.807, 2.05) is 0 Å². The number of halogens is 2. The molecule has 7 nitrogen and oxygen atoms in total. The zero-order valence-corrected chi connectivity index (χ0v) is 20.4. The Morgan fingerprint density at radius 2 is 1.67 bits per heavy atom. The van der Waals surface area contributed by atoms with Gasteiger partial charge in [-0.2, -0.15) is 0 Å². The summed E-state index contributed by atoms with van der Waals surface area (Å²) in [5.74, 6) is -0.922. The first-order chi connectivity index (χ1) is 15.5. The zero-order valence-electron chi connectivity index (χ0n) is 18.9. The highest BCUT2D eigenvalue weighted by atomic mass is 35.5. The number of rotatable bonds is 6. The second kappa shape index (κ2) is 10.7. The van der Waals surface area contributed by atoms with Crippen molar-refractivity contribution in [3.05, 3.63) is 52.5 Å². The number of benzene rings is 2. The molecule has 0 aromatic heterocycles. The van der Waals surface area contributed by atoms with Crippen LogP contribution in [0.4, 0.5) is 5.69 Å². The summed E-state index contributed by atoms with van der Waals surface area (Å²) in [4.78, 5) is 27.5. The minimum atomic E-state index is -0.638. The number of anilines is 1. The van der Waals surface area contributed by atoms with Gasteiger partial charge in [-0.25, -0.2) is 5.48 Å². The number of carbonyl (C=O) groups excluding carboxylic acids is 2. The van der Waals surface area contributed by atoms with Crippen LogP contribution in [0, 0.1) is 17.3 Å². The Labute approximate surface area is 204 Å². The van der Waals surface area contributed by atoms with Crippen molar-refractivity contribution in [3.63, 3.8) is 0 Å². The van der Waals surface area contributed by atoms with Crippen LogP contribution < -0.4 is 15.5 Å². The van der Waals surface area contributed by atoms with Gasteiger partial charge in [-0.15, -0.1) is 0 Å². The third-order valence-electron chi connectivity index (χ3n) is 5.37. The maximum atomic E-state index is 13.0. The third-order valence-corrected chi connectivity index (χ3v) is 5.81. The molecule has 0 unspecified atom stereocenters. The summed E-state index contributed by atoms with van der Waals surface area (Å²) >= 11 is 12.0. The standard InChI is InChI=1S/C24H29Cl2N3O4/c1-24(2,3)14-29-9-8-20(21(13-29)23(31)28-32)22(30)27-17-4-6-18(7-5-17)33-19-11-15(25)10-16(26)12-19/h4-7,10-12,20-21,32H,8-9,13-14H2,1-3H3,(H,27,30)(H,28,31)/t20-,21-/m0/s1. The van der Waals surface area contributed by atoms with E-state index in [0.29, 0.717) is 46.7 Å². The van der Waals surface area contributed by atoms with Crippen molar-refractivity contribution in [1.29, 1.82) is 0 Å². The van der Waals surface area contributed by atoms with Crippen molar-refractivity contribution in [2.45, 2.75) is 27.2 Å². The Hall–Kier alpha value is -2.32. The van der Waals surface area contributed by atoms with Gasteiger partial charge in [-0.3, -0.25) is 14.8 Å². The summed E-state index contributed by atoms with van der Waals surface area (Å²) in [6, 6.07) is 11.8. The number of hydroxylamine groups is 1. The fourth-order valence-corrected chi connectivity index (χ4v) is 4.57. The largest absolute Gasteiger partial charge is 0.457 e. The van der Waals surface area contributed by atoms with Crippen LogP contribution in [-0.4, -0.2) is 41.6 Å². The lowest BCUT2D eigenvalue weighted by atomic mass is 9.83. The average molecular weight is 494 g/mol. The summed E-state index contributed by atoms with van der Waals surface area (Å²) < 4.78 is 5.76. The summed E-state index contributed by atoms with van der Waals surface area (Å²) in [6.07, 6.45) is 0.525. The van der Waals surface area contributed by atoms with Gasteiger partial charge in [-0.05, 0) is 60.8 Å². The Balaban J connectivity index is 1.64. The topological polar surface area (TPSA) is 90.9 Å². The number of hydrogen-bond donors (Lipinski definition) is 3. The van der Waals surface area contributed by atoms with Gasteiger partial charge in [0, 0.05) is 28.8 Å². The highest BCUT2D eigenvalue weighted by Gasteiger charge is 2.39. The third kappa shape index (κ3) is 7.33. The number of carbonyl (C=O) groups is 2. The Bertz CT molecular complexity index is 972. The monoisotopic (exact) mass is 493 g/mol. The maximum absolute atomic E-state index is 13.0. The van der Waals surface area contributed by atoms with Crippen LogP contribution in [0.2, 0.25) is 10.0 Å². The Morgan fingerprint density at radius 3 is 2.24 bits per heavy atom. The smallest absolute Gasteiger partial charge is 0.248 e. The van der Waals surface area contributed by atoms with Crippen LogP contribution >= 0.6 is 23.2 Å². The van der Waals surface area contributed by atoms with E-state index in [0.717, 1.165) is 6.54 Å². The minimum Gasteiger partial charge on any atom is -0.457 e. The van der Waals surface area contributed by atoms with Gasteiger partial charge in [0.25, 0.3) is 0 Å². The van der Waals surface area contributed by atoms with E-state index in [2.05, 4.69) is 31.0 Å². The van der Waals surface area contributed by atoms with Gasteiger partial charge >= 0.3 is 0 Å². The predicted molar refractivity (Wildman–Crippen MR) is 129 cm³/mol. The first-order valence-electron chi connectivity index (χ1n) is 10.8. The summed E-state index contributed by atoms with van der Waals surface area (Å²) in [5.41, 5.74) is 2.37. The van der Waals surface area contributed by atoms with E-state index in [-0.39, 0.29) is 11.3 Å². The van der Waals surface area contributed by atoms with Gasteiger partial charge in [0.2, 0.25) is 11.8 Å². The quantitative estimate of drug-likeness (QED) is 0.379. The lowest BCUT2D eigenvalue weighted by Gasteiger charge is -2.39. The molecule has 0 saturated carbocycles. The molecule has 1 aliphatic rings. The van der Waals surface area contributed by atoms with Gasteiger partial charge in [-0.1, -0.05) is 44.0 Å². The van der Waals surface area contributed by atoms with Crippen LogP contribution in [0.1, 0.15) is 27.2 Å². The molecule has 33 heavy (non-hydrogen) atoms. The molecule has 2 aromatic rings. The number of nitrogens with zero attached hydrogens (tertiary/aromatic N) is 1. The zero-order chi connectivity index (χ0) is 24.2. The SMILES string of the molecule is CC(C)(C)CN1CC[C@H](C(=O)Nc2ccc(Oc3cc(Cl)cc(Cl)c3)cc2)[C@@H](C(=O)NO)C1. The van der Waals surface area contributed by atoms with Crippen LogP contribution in [0.25, 0.3) is 0 Å². The van der Waals surface area contributed by atoms with Crippen molar-refractivity contribution < 1.29 is 19.5 Å². The molecule has 178 valence electrons. The molecule has 0 radical (unpaired) electrons. The van der Waals surface area contributed by atoms with Crippen molar-refractivity contribution in [3.8, 4) is 11.5 Å². The minimum absolute atomic E-state index is 0.0650. The molecule has 0 bridgehead atoms. The van der Waals surface area contributed by atoms with Crippen LogP contribution in [-0.2, 0) is 9.59 Å². The lowest BCUT2D eigenvalue weighted by molar-refractivity contribution is -0.142. The van der Waals surface area contributed by atoms with Gasteiger partial charge in [0.05, 0.1) is 11.8 Å². The molecule has 3 N–H and O–H groups in total. The van der Waals surface area contributed by atoms with E-state index in [9.17, 15) is 14.8 Å². The number of nitrogens with one attached hydrogen (secondary N) is 2. The first kappa shape index (κ1) is 25.3. The second-order valence-corrected chi connectivity index (χ2v) is 10.4. The van der Waals surface area contributed by atoms with Gasteiger partial charge in [0.1, 0.15) is 11.5 Å². The van der Waals surface area contributed by atoms with Crippen LogP contribution in [0.5, 0.6) is 11.5 Å². The molecule has 1 saturated heterocycles. The van der Waals surface area contributed by atoms with Crippen molar-refractivity contribution in [1.82, 2.24) is 10.4 Å². The van der Waals surface area contributed by atoms with Gasteiger partial charge in [0.15, 0.2) is 0 Å². The van der Waals surface area contributed by atoms with E-state index in [1.54, 1.807) is 47.9 Å². The molecule has 1 aliphatic heterocycles. The Morgan fingerprint density at radius 1 is 1.03 bits per heavy atom. The maximum Gasteiger partial charge on any atom is 0.248 e.